The highest BCUT2D eigenvalue weighted by molar-refractivity contribution is 9.10. The molecule has 1 aromatic rings. The molecule has 0 fully saturated rings. The van der Waals surface area contributed by atoms with Crippen molar-refractivity contribution in [3.63, 3.8) is 0 Å². The smallest absolute Gasteiger partial charge is 0.122 e. The molecule has 0 aliphatic rings. The van der Waals surface area contributed by atoms with Crippen LogP contribution in [0.1, 0.15) is 32.3 Å². The lowest BCUT2D eigenvalue weighted by molar-refractivity contribution is 0.122. The molecule has 0 saturated carbocycles. The maximum absolute atomic E-state index is 9.16. The third kappa shape index (κ3) is 3.84. The highest BCUT2D eigenvalue weighted by Gasteiger charge is 2.09. The summed E-state index contributed by atoms with van der Waals surface area (Å²) in [6.07, 6.45) is -0.436. The Balaban J connectivity index is 2.86. The van der Waals surface area contributed by atoms with Crippen LogP contribution in [0.2, 0.25) is 0 Å². The number of aliphatic hydroxyl groups excluding tert-OH is 1. The summed E-state index contributed by atoms with van der Waals surface area (Å²) in [7, 11) is 0. The molecule has 1 N–H and O–H groups in total. The zero-order valence-electron chi connectivity index (χ0n) is 9.33. The van der Waals surface area contributed by atoms with E-state index in [1.807, 2.05) is 12.1 Å². The molecule has 0 amide bonds. The van der Waals surface area contributed by atoms with Crippen LogP contribution in [-0.4, -0.2) is 17.8 Å². The first kappa shape index (κ1) is 12.5. The van der Waals surface area contributed by atoms with E-state index < -0.39 is 6.10 Å². The molecular formula is C12H17BrO2. The van der Waals surface area contributed by atoms with E-state index in [0.717, 1.165) is 15.8 Å². The van der Waals surface area contributed by atoms with Crippen molar-refractivity contribution < 1.29 is 9.84 Å². The highest BCUT2D eigenvalue weighted by atomic mass is 79.9. The van der Waals surface area contributed by atoms with Crippen molar-refractivity contribution in [2.75, 3.05) is 6.61 Å². The van der Waals surface area contributed by atoms with E-state index >= 15 is 0 Å². The van der Waals surface area contributed by atoms with E-state index in [0.29, 0.717) is 12.5 Å². The van der Waals surface area contributed by atoms with Crippen molar-refractivity contribution >= 4 is 15.9 Å². The van der Waals surface area contributed by atoms with E-state index in [1.165, 1.54) is 0 Å². The van der Waals surface area contributed by atoms with Gasteiger partial charge in [0.1, 0.15) is 12.4 Å². The van der Waals surface area contributed by atoms with Gasteiger partial charge in [-0.2, -0.15) is 0 Å². The summed E-state index contributed by atoms with van der Waals surface area (Å²) in [5.74, 6) is 1.26. The maximum Gasteiger partial charge on any atom is 0.122 e. The Morgan fingerprint density at radius 3 is 2.53 bits per heavy atom. The standard InChI is InChI=1S/C12H17BrO2/c1-8(2)11-6-10(13)4-5-12(11)15-7-9(3)14/h4-6,8-9,14H,7H2,1-3H3/t9-/m1/s1. The average Bonchev–Trinajstić information content (AvgIpc) is 2.15. The molecule has 2 nitrogen and oxygen atoms in total. The van der Waals surface area contributed by atoms with Crippen molar-refractivity contribution in [1.82, 2.24) is 0 Å². The van der Waals surface area contributed by atoms with E-state index in [9.17, 15) is 0 Å². The second kappa shape index (κ2) is 5.52. The average molecular weight is 273 g/mol. The number of hydrogen-bond acceptors (Lipinski definition) is 2. The minimum Gasteiger partial charge on any atom is -0.491 e. The van der Waals surface area contributed by atoms with Crippen LogP contribution in [-0.2, 0) is 0 Å². The topological polar surface area (TPSA) is 29.5 Å². The fourth-order valence-electron chi connectivity index (χ4n) is 1.31. The minimum absolute atomic E-state index is 0.335. The summed E-state index contributed by atoms with van der Waals surface area (Å²) in [5.41, 5.74) is 1.16. The van der Waals surface area contributed by atoms with Crippen molar-refractivity contribution in [3.8, 4) is 5.75 Å². The molecule has 0 radical (unpaired) electrons. The maximum atomic E-state index is 9.16. The van der Waals surface area contributed by atoms with Crippen LogP contribution in [0.15, 0.2) is 22.7 Å². The molecular weight excluding hydrogens is 256 g/mol. The Morgan fingerprint density at radius 2 is 2.00 bits per heavy atom. The molecule has 15 heavy (non-hydrogen) atoms. The van der Waals surface area contributed by atoms with Gasteiger partial charge < -0.3 is 9.84 Å². The summed E-state index contributed by atoms with van der Waals surface area (Å²) < 4.78 is 6.60. The lowest BCUT2D eigenvalue weighted by Crippen LogP contribution is -2.13. The number of benzene rings is 1. The van der Waals surface area contributed by atoms with Crippen LogP contribution in [0.3, 0.4) is 0 Å². The molecule has 1 rings (SSSR count). The zero-order chi connectivity index (χ0) is 11.4. The largest absolute Gasteiger partial charge is 0.491 e. The second-order valence-electron chi connectivity index (χ2n) is 4.00. The van der Waals surface area contributed by atoms with Crippen molar-refractivity contribution in [1.29, 1.82) is 0 Å². The first-order valence-electron chi connectivity index (χ1n) is 5.11. The van der Waals surface area contributed by atoms with Gasteiger partial charge in [-0.25, -0.2) is 0 Å². The SMILES string of the molecule is CC(C)c1cc(Br)ccc1OC[C@@H](C)O. The van der Waals surface area contributed by atoms with Crippen molar-refractivity contribution in [2.24, 2.45) is 0 Å². The van der Waals surface area contributed by atoms with Gasteiger partial charge in [0.15, 0.2) is 0 Å². The molecule has 84 valence electrons. The monoisotopic (exact) mass is 272 g/mol. The normalized spacial score (nSPS) is 12.9. The molecule has 0 bridgehead atoms. The Bertz CT molecular complexity index is 321. The van der Waals surface area contributed by atoms with E-state index in [2.05, 4.69) is 35.8 Å². The molecule has 0 saturated heterocycles. The lowest BCUT2D eigenvalue weighted by Gasteiger charge is -2.15. The lowest BCUT2D eigenvalue weighted by atomic mass is 10.0. The number of aliphatic hydroxyl groups is 1. The van der Waals surface area contributed by atoms with Crippen molar-refractivity contribution in [2.45, 2.75) is 32.8 Å². The van der Waals surface area contributed by atoms with Gasteiger partial charge in [-0.05, 0) is 36.6 Å². The molecule has 3 heteroatoms. The predicted octanol–water partition coefficient (Wildman–Crippen LogP) is 3.33. The highest BCUT2D eigenvalue weighted by Crippen LogP contribution is 2.29. The Morgan fingerprint density at radius 1 is 1.33 bits per heavy atom. The summed E-state index contributed by atoms with van der Waals surface area (Å²) in [4.78, 5) is 0. The molecule has 0 aliphatic heterocycles. The number of hydrogen-bond donors (Lipinski definition) is 1. The molecule has 0 spiro atoms. The second-order valence-corrected chi connectivity index (χ2v) is 4.91. The molecule has 0 heterocycles. The van der Waals surface area contributed by atoms with Crippen LogP contribution in [0, 0.1) is 0 Å². The van der Waals surface area contributed by atoms with Crippen LogP contribution < -0.4 is 4.74 Å². The van der Waals surface area contributed by atoms with Crippen molar-refractivity contribution in [3.05, 3.63) is 28.2 Å². The van der Waals surface area contributed by atoms with Gasteiger partial charge in [0, 0.05) is 4.47 Å². The summed E-state index contributed by atoms with van der Waals surface area (Å²) >= 11 is 3.44. The van der Waals surface area contributed by atoms with Gasteiger partial charge in [-0.1, -0.05) is 29.8 Å². The van der Waals surface area contributed by atoms with Crippen LogP contribution >= 0.6 is 15.9 Å². The quantitative estimate of drug-likeness (QED) is 0.911. The summed E-state index contributed by atoms with van der Waals surface area (Å²) in [6, 6.07) is 5.94. The van der Waals surface area contributed by atoms with Crippen LogP contribution in [0.5, 0.6) is 5.75 Å². The van der Waals surface area contributed by atoms with E-state index in [1.54, 1.807) is 6.92 Å². The van der Waals surface area contributed by atoms with E-state index in [-0.39, 0.29) is 0 Å². The summed E-state index contributed by atoms with van der Waals surface area (Å²) in [6.45, 7) is 6.29. The molecule has 0 aromatic heterocycles. The van der Waals surface area contributed by atoms with Gasteiger partial charge in [0.25, 0.3) is 0 Å². The number of halogens is 1. The van der Waals surface area contributed by atoms with Crippen LogP contribution in [0.4, 0.5) is 0 Å². The first-order valence-corrected chi connectivity index (χ1v) is 5.90. The molecule has 0 unspecified atom stereocenters. The zero-order valence-corrected chi connectivity index (χ0v) is 10.9. The van der Waals surface area contributed by atoms with Crippen LogP contribution in [0.25, 0.3) is 0 Å². The Kier molecular flexibility index (Phi) is 4.61. The first-order chi connectivity index (χ1) is 7.00. The third-order valence-electron chi connectivity index (χ3n) is 2.07. The predicted molar refractivity (Wildman–Crippen MR) is 65.4 cm³/mol. The third-order valence-corrected chi connectivity index (χ3v) is 2.57. The Labute approximate surface area is 99.4 Å². The summed E-state index contributed by atoms with van der Waals surface area (Å²) in [5, 5.41) is 9.16. The molecule has 1 aromatic carbocycles. The molecule has 0 aliphatic carbocycles. The van der Waals surface area contributed by atoms with Gasteiger partial charge >= 0.3 is 0 Å². The van der Waals surface area contributed by atoms with E-state index in [4.69, 9.17) is 9.84 Å². The van der Waals surface area contributed by atoms with Gasteiger partial charge in [-0.3, -0.25) is 0 Å². The minimum atomic E-state index is -0.436. The fraction of sp³-hybridized carbons (Fsp3) is 0.500. The van der Waals surface area contributed by atoms with Gasteiger partial charge in [0.2, 0.25) is 0 Å². The van der Waals surface area contributed by atoms with Gasteiger partial charge in [-0.15, -0.1) is 0 Å². The number of rotatable bonds is 4. The van der Waals surface area contributed by atoms with Gasteiger partial charge in [0.05, 0.1) is 6.10 Å². The fourth-order valence-corrected chi connectivity index (χ4v) is 1.69. The molecule has 1 atom stereocenters. The Hall–Kier alpha value is -0.540. The number of ether oxygens (including phenoxy) is 1.